The van der Waals surface area contributed by atoms with E-state index in [1.54, 1.807) is 0 Å². The number of carbonyl (C=O) groups is 1. The van der Waals surface area contributed by atoms with Gasteiger partial charge in [-0.25, -0.2) is 8.78 Å². The molecule has 1 aromatic rings. The zero-order valence-electron chi connectivity index (χ0n) is 18.9. The van der Waals surface area contributed by atoms with Gasteiger partial charge in [-0.2, -0.15) is 0 Å². The number of likely N-dealkylation sites (tertiary alicyclic amines) is 2. The van der Waals surface area contributed by atoms with Crippen LogP contribution in [-0.4, -0.2) is 92.0 Å². The lowest BCUT2D eigenvalue weighted by atomic mass is 9.98. The van der Waals surface area contributed by atoms with E-state index in [0.717, 1.165) is 63.1 Å². The Morgan fingerprint density at radius 3 is 2.10 bits per heavy atom. The third-order valence-electron chi connectivity index (χ3n) is 7.55. The minimum Gasteiger partial charge on any atom is -0.371 e. The molecule has 0 N–H and O–H groups in total. The lowest BCUT2D eigenvalue weighted by Crippen LogP contribution is -2.49. The van der Waals surface area contributed by atoms with Crippen molar-refractivity contribution in [1.82, 2.24) is 14.7 Å². The zero-order chi connectivity index (χ0) is 22.0. The van der Waals surface area contributed by atoms with Gasteiger partial charge >= 0.3 is 0 Å². The standard InChI is InChI=1S/C24H36F2N4O/c1-27-13-7-20(8-14-27)28(2)23(31)19-3-5-21(6-4-19)29-15-9-22(10-16-29)30-17-11-24(25,26)12-18-30/h3-6,20,22H,7-18H2,1-2H3. The van der Waals surface area contributed by atoms with Crippen LogP contribution in [0.3, 0.4) is 0 Å². The van der Waals surface area contributed by atoms with E-state index in [1.165, 1.54) is 0 Å². The molecular weight excluding hydrogens is 398 g/mol. The van der Waals surface area contributed by atoms with E-state index in [2.05, 4.69) is 33.9 Å². The fraction of sp³-hybridized carbons (Fsp3) is 0.708. The minimum atomic E-state index is -2.47. The molecule has 0 aromatic heterocycles. The van der Waals surface area contributed by atoms with Gasteiger partial charge in [0.2, 0.25) is 0 Å². The number of piperidine rings is 3. The molecule has 0 unspecified atom stereocenters. The number of carbonyl (C=O) groups excluding carboxylic acids is 1. The first kappa shape index (κ1) is 22.5. The molecule has 3 aliphatic heterocycles. The summed E-state index contributed by atoms with van der Waals surface area (Å²) >= 11 is 0. The van der Waals surface area contributed by atoms with Gasteiger partial charge in [0.15, 0.2) is 0 Å². The molecule has 3 heterocycles. The van der Waals surface area contributed by atoms with Crippen LogP contribution in [0.4, 0.5) is 14.5 Å². The molecule has 3 fully saturated rings. The van der Waals surface area contributed by atoms with Crippen molar-refractivity contribution in [1.29, 1.82) is 0 Å². The number of benzene rings is 1. The van der Waals surface area contributed by atoms with Crippen LogP contribution in [0.25, 0.3) is 0 Å². The maximum atomic E-state index is 13.4. The third kappa shape index (κ3) is 5.37. The van der Waals surface area contributed by atoms with Gasteiger partial charge in [0.05, 0.1) is 0 Å². The Bertz CT molecular complexity index is 730. The first-order valence-corrected chi connectivity index (χ1v) is 11.7. The Morgan fingerprint density at radius 2 is 1.52 bits per heavy atom. The van der Waals surface area contributed by atoms with E-state index in [-0.39, 0.29) is 18.7 Å². The largest absolute Gasteiger partial charge is 0.371 e. The topological polar surface area (TPSA) is 30.0 Å². The highest BCUT2D eigenvalue weighted by atomic mass is 19.3. The van der Waals surface area contributed by atoms with Gasteiger partial charge in [0, 0.05) is 69.4 Å². The fourth-order valence-corrected chi connectivity index (χ4v) is 5.27. The number of hydrogen-bond donors (Lipinski definition) is 0. The van der Waals surface area contributed by atoms with E-state index in [9.17, 15) is 13.6 Å². The minimum absolute atomic E-state index is 0.00525. The van der Waals surface area contributed by atoms with Crippen molar-refractivity contribution in [2.75, 3.05) is 58.3 Å². The predicted octanol–water partition coefficient (Wildman–Crippen LogP) is 3.55. The van der Waals surface area contributed by atoms with Gasteiger partial charge in [-0.05, 0) is 70.1 Å². The number of nitrogens with zero attached hydrogens (tertiary/aromatic N) is 4. The molecule has 4 rings (SSSR count). The summed E-state index contributed by atoms with van der Waals surface area (Å²) in [6, 6.07) is 8.73. The molecule has 0 spiro atoms. The van der Waals surface area contributed by atoms with E-state index >= 15 is 0 Å². The molecule has 3 saturated heterocycles. The average Bonchev–Trinajstić information content (AvgIpc) is 2.79. The van der Waals surface area contributed by atoms with Crippen LogP contribution in [0.5, 0.6) is 0 Å². The third-order valence-corrected chi connectivity index (χ3v) is 7.55. The highest BCUT2D eigenvalue weighted by molar-refractivity contribution is 5.94. The average molecular weight is 435 g/mol. The summed E-state index contributed by atoms with van der Waals surface area (Å²) in [6.45, 7) is 4.97. The van der Waals surface area contributed by atoms with Crippen molar-refractivity contribution < 1.29 is 13.6 Å². The van der Waals surface area contributed by atoms with Crippen LogP contribution in [0, 0.1) is 0 Å². The molecule has 7 heteroatoms. The summed E-state index contributed by atoms with van der Waals surface area (Å²) in [6.07, 6.45) is 4.06. The van der Waals surface area contributed by atoms with E-state index < -0.39 is 5.92 Å². The summed E-state index contributed by atoms with van der Waals surface area (Å²) in [5.41, 5.74) is 1.89. The van der Waals surface area contributed by atoms with Crippen molar-refractivity contribution in [2.45, 2.75) is 56.5 Å². The molecule has 172 valence electrons. The van der Waals surface area contributed by atoms with Crippen molar-refractivity contribution in [3.8, 4) is 0 Å². The van der Waals surface area contributed by atoms with Crippen LogP contribution in [-0.2, 0) is 0 Å². The van der Waals surface area contributed by atoms with E-state index in [0.29, 0.717) is 25.2 Å². The number of anilines is 1. The highest BCUT2D eigenvalue weighted by Crippen LogP contribution is 2.31. The quantitative estimate of drug-likeness (QED) is 0.725. The van der Waals surface area contributed by atoms with Crippen molar-refractivity contribution in [3.05, 3.63) is 29.8 Å². The number of halogens is 2. The van der Waals surface area contributed by atoms with Crippen LogP contribution >= 0.6 is 0 Å². The summed E-state index contributed by atoms with van der Waals surface area (Å²) < 4.78 is 26.9. The number of hydrogen-bond acceptors (Lipinski definition) is 4. The molecule has 5 nitrogen and oxygen atoms in total. The van der Waals surface area contributed by atoms with Gasteiger partial charge in [-0.1, -0.05) is 0 Å². The molecule has 0 atom stereocenters. The highest BCUT2D eigenvalue weighted by Gasteiger charge is 2.37. The first-order chi connectivity index (χ1) is 14.8. The zero-order valence-corrected chi connectivity index (χ0v) is 18.9. The van der Waals surface area contributed by atoms with E-state index in [1.807, 2.05) is 24.1 Å². The normalized spacial score (nSPS) is 24.3. The first-order valence-electron chi connectivity index (χ1n) is 11.7. The Balaban J connectivity index is 1.28. The molecule has 0 bridgehead atoms. The summed E-state index contributed by atoms with van der Waals surface area (Å²) in [7, 11) is 4.05. The number of alkyl halides is 2. The Hall–Kier alpha value is -1.73. The van der Waals surface area contributed by atoms with Crippen LogP contribution in [0.15, 0.2) is 24.3 Å². The number of amides is 1. The smallest absolute Gasteiger partial charge is 0.253 e. The SMILES string of the molecule is CN1CCC(N(C)C(=O)c2ccc(N3CCC(N4CCC(F)(F)CC4)CC3)cc2)CC1. The monoisotopic (exact) mass is 434 g/mol. The Kier molecular flexibility index (Phi) is 6.82. The van der Waals surface area contributed by atoms with Crippen molar-refractivity contribution in [3.63, 3.8) is 0 Å². The lowest BCUT2D eigenvalue weighted by Gasteiger charge is -2.42. The molecule has 1 amide bonds. The van der Waals surface area contributed by atoms with Crippen LogP contribution in [0.1, 0.15) is 48.9 Å². The molecule has 0 aliphatic carbocycles. The van der Waals surface area contributed by atoms with Gasteiger partial charge in [-0.3, -0.25) is 9.69 Å². The molecule has 31 heavy (non-hydrogen) atoms. The molecule has 1 aromatic carbocycles. The summed E-state index contributed by atoms with van der Waals surface area (Å²) in [5.74, 6) is -2.38. The summed E-state index contributed by atoms with van der Waals surface area (Å²) in [4.78, 5) is 21.8. The second kappa shape index (κ2) is 9.41. The van der Waals surface area contributed by atoms with Crippen LogP contribution in [0.2, 0.25) is 0 Å². The van der Waals surface area contributed by atoms with E-state index in [4.69, 9.17) is 0 Å². The summed E-state index contributed by atoms with van der Waals surface area (Å²) in [5, 5.41) is 0. The second-order valence-corrected chi connectivity index (χ2v) is 9.61. The fourth-order valence-electron chi connectivity index (χ4n) is 5.27. The maximum Gasteiger partial charge on any atom is 0.253 e. The Morgan fingerprint density at radius 1 is 0.935 bits per heavy atom. The van der Waals surface area contributed by atoms with Crippen molar-refractivity contribution >= 4 is 11.6 Å². The van der Waals surface area contributed by atoms with Gasteiger partial charge in [0.1, 0.15) is 0 Å². The number of rotatable bonds is 4. The maximum absolute atomic E-state index is 13.4. The molecule has 3 aliphatic rings. The van der Waals surface area contributed by atoms with Gasteiger partial charge < -0.3 is 14.7 Å². The van der Waals surface area contributed by atoms with Gasteiger partial charge in [0.25, 0.3) is 11.8 Å². The molecule has 0 saturated carbocycles. The molecular formula is C24H36F2N4O. The predicted molar refractivity (Wildman–Crippen MR) is 120 cm³/mol. The molecule has 0 radical (unpaired) electrons. The van der Waals surface area contributed by atoms with Crippen molar-refractivity contribution in [2.24, 2.45) is 0 Å². The second-order valence-electron chi connectivity index (χ2n) is 9.61. The Labute approximate surface area is 185 Å². The van der Waals surface area contributed by atoms with Gasteiger partial charge in [-0.15, -0.1) is 0 Å². The lowest BCUT2D eigenvalue weighted by molar-refractivity contribution is -0.0646. The van der Waals surface area contributed by atoms with Crippen LogP contribution < -0.4 is 4.90 Å².